The molecule has 0 saturated heterocycles. The zero-order valence-corrected chi connectivity index (χ0v) is 17.8. The first kappa shape index (κ1) is 20.9. The summed E-state index contributed by atoms with van der Waals surface area (Å²) >= 11 is 1.26. The van der Waals surface area contributed by atoms with E-state index in [4.69, 9.17) is 4.74 Å². The molecule has 0 radical (unpaired) electrons. The monoisotopic (exact) mass is 432 g/mol. The molecule has 0 bridgehead atoms. The third-order valence-corrected chi connectivity index (χ3v) is 6.58. The van der Waals surface area contributed by atoms with Gasteiger partial charge in [0.2, 0.25) is 0 Å². The van der Waals surface area contributed by atoms with Crippen molar-refractivity contribution in [3.05, 3.63) is 58.4 Å². The number of rotatable bonds is 5. The first-order valence-corrected chi connectivity index (χ1v) is 11.5. The molecule has 2 aromatic carbocycles. The van der Waals surface area contributed by atoms with Crippen LogP contribution in [0.5, 0.6) is 0 Å². The highest BCUT2D eigenvalue weighted by atomic mass is 32.2. The standard InChI is InChI=1S/C20H20N2O5S2/c1-4-13-9-10-15-16(11-13)28-20(22(15)12-18(23)27-2)21-19(24)14-7-5-6-8-17(14)29(3,25)26/h5-11H,4,12H2,1-3H3. The van der Waals surface area contributed by atoms with Crippen molar-refractivity contribution in [2.24, 2.45) is 4.99 Å². The van der Waals surface area contributed by atoms with E-state index in [9.17, 15) is 18.0 Å². The molecular formula is C20H20N2O5S2. The van der Waals surface area contributed by atoms with Gasteiger partial charge in [-0.15, -0.1) is 0 Å². The molecule has 0 saturated carbocycles. The van der Waals surface area contributed by atoms with Crippen LogP contribution in [0.3, 0.4) is 0 Å². The highest BCUT2D eigenvalue weighted by Crippen LogP contribution is 2.21. The molecule has 7 nitrogen and oxygen atoms in total. The first-order valence-electron chi connectivity index (χ1n) is 8.81. The van der Waals surface area contributed by atoms with Crippen LogP contribution in [0.15, 0.2) is 52.4 Å². The number of sulfone groups is 1. The van der Waals surface area contributed by atoms with Gasteiger partial charge in [-0.1, -0.05) is 36.5 Å². The Morgan fingerprint density at radius 1 is 1.17 bits per heavy atom. The van der Waals surface area contributed by atoms with Gasteiger partial charge in [-0.05, 0) is 36.2 Å². The predicted octanol–water partition coefficient (Wildman–Crippen LogP) is 2.58. The molecule has 1 amide bonds. The molecule has 0 N–H and O–H groups in total. The molecule has 3 rings (SSSR count). The summed E-state index contributed by atoms with van der Waals surface area (Å²) in [6, 6.07) is 11.7. The van der Waals surface area contributed by atoms with E-state index in [-0.39, 0.29) is 17.0 Å². The summed E-state index contributed by atoms with van der Waals surface area (Å²) in [6.45, 7) is 1.93. The molecule has 0 unspecified atom stereocenters. The van der Waals surface area contributed by atoms with Gasteiger partial charge in [0.25, 0.3) is 5.91 Å². The zero-order valence-electron chi connectivity index (χ0n) is 16.2. The lowest BCUT2D eigenvalue weighted by atomic mass is 10.2. The predicted molar refractivity (Wildman–Crippen MR) is 111 cm³/mol. The minimum atomic E-state index is -3.60. The molecule has 152 valence electrons. The Labute approximate surface area is 172 Å². The van der Waals surface area contributed by atoms with Gasteiger partial charge >= 0.3 is 5.97 Å². The number of fused-ring (bicyclic) bond motifs is 1. The molecule has 0 aliphatic heterocycles. The van der Waals surface area contributed by atoms with Crippen LogP contribution in [0.2, 0.25) is 0 Å². The molecule has 1 heterocycles. The lowest BCUT2D eigenvalue weighted by Crippen LogP contribution is -2.22. The van der Waals surface area contributed by atoms with Gasteiger partial charge in [-0.3, -0.25) is 9.59 Å². The maximum absolute atomic E-state index is 12.8. The molecule has 0 aliphatic carbocycles. The molecule has 0 fully saturated rings. The second-order valence-electron chi connectivity index (χ2n) is 6.39. The second kappa shape index (κ2) is 8.30. The third-order valence-electron chi connectivity index (χ3n) is 4.38. The number of carbonyl (C=O) groups excluding carboxylic acids is 2. The molecule has 29 heavy (non-hydrogen) atoms. The molecule has 9 heteroatoms. The Hall–Kier alpha value is -2.78. The molecule has 0 aliphatic rings. The summed E-state index contributed by atoms with van der Waals surface area (Å²) in [5.41, 5.74) is 1.86. The van der Waals surface area contributed by atoms with Gasteiger partial charge in [0.15, 0.2) is 14.6 Å². The Morgan fingerprint density at radius 3 is 2.55 bits per heavy atom. The van der Waals surface area contributed by atoms with Crippen molar-refractivity contribution in [1.82, 2.24) is 4.57 Å². The summed E-state index contributed by atoms with van der Waals surface area (Å²) in [4.78, 5) is 29.1. The van der Waals surface area contributed by atoms with Gasteiger partial charge in [-0.25, -0.2) is 8.42 Å². The molecule has 0 spiro atoms. The van der Waals surface area contributed by atoms with Crippen molar-refractivity contribution in [2.45, 2.75) is 24.8 Å². The number of nitrogens with zero attached hydrogens (tertiary/aromatic N) is 2. The van der Waals surface area contributed by atoms with Crippen LogP contribution >= 0.6 is 11.3 Å². The summed E-state index contributed by atoms with van der Waals surface area (Å²) in [5.74, 6) is -1.17. The maximum atomic E-state index is 12.8. The van der Waals surface area contributed by atoms with E-state index in [2.05, 4.69) is 4.99 Å². The van der Waals surface area contributed by atoms with E-state index in [1.807, 2.05) is 25.1 Å². The lowest BCUT2D eigenvalue weighted by Gasteiger charge is -2.05. The highest BCUT2D eigenvalue weighted by Gasteiger charge is 2.19. The van der Waals surface area contributed by atoms with Crippen molar-refractivity contribution < 1.29 is 22.7 Å². The minimum Gasteiger partial charge on any atom is -0.468 e. The number of aromatic nitrogens is 1. The topological polar surface area (TPSA) is 94.8 Å². The summed E-state index contributed by atoms with van der Waals surface area (Å²) in [7, 11) is -2.31. The fourth-order valence-electron chi connectivity index (χ4n) is 2.88. The Balaban J connectivity index is 2.20. The summed E-state index contributed by atoms with van der Waals surface area (Å²) < 4.78 is 31.3. The van der Waals surface area contributed by atoms with Crippen molar-refractivity contribution in [1.29, 1.82) is 0 Å². The normalized spacial score (nSPS) is 12.3. The van der Waals surface area contributed by atoms with Crippen LogP contribution in [0.4, 0.5) is 0 Å². The number of hydrogen-bond acceptors (Lipinski definition) is 6. The number of benzene rings is 2. The van der Waals surface area contributed by atoms with E-state index in [1.165, 1.54) is 30.6 Å². The van der Waals surface area contributed by atoms with Crippen LogP contribution < -0.4 is 4.80 Å². The number of ether oxygens (including phenoxy) is 1. The number of aryl methyl sites for hydroxylation is 1. The largest absolute Gasteiger partial charge is 0.468 e. The van der Waals surface area contributed by atoms with Crippen LogP contribution in [-0.4, -0.2) is 38.2 Å². The van der Waals surface area contributed by atoms with Gasteiger partial charge in [0, 0.05) is 6.26 Å². The smallest absolute Gasteiger partial charge is 0.325 e. The fourth-order valence-corrected chi connectivity index (χ4v) is 4.86. The second-order valence-corrected chi connectivity index (χ2v) is 9.38. The number of esters is 1. The van der Waals surface area contributed by atoms with Crippen molar-refractivity contribution >= 4 is 43.3 Å². The number of carbonyl (C=O) groups is 2. The van der Waals surface area contributed by atoms with Gasteiger partial charge in [0.05, 0.1) is 27.8 Å². The Bertz CT molecular complexity index is 1270. The minimum absolute atomic E-state index is 0.00804. The molecule has 0 atom stereocenters. The van der Waals surface area contributed by atoms with Gasteiger partial charge in [0.1, 0.15) is 6.54 Å². The van der Waals surface area contributed by atoms with E-state index in [0.29, 0.717) is 4.80 Å². The highest BCUT2D eigenvalue weighted by molar-refractivity contribution is 7.90. The van der Waals surface area contributed by atoms with E-state index >= 15 is 0 Å². The van der Waals surface area contributed by atoms with Crippen LogP contribution in [-0.2, 0) is 32.3 Å². The molecular weight excluding hydrogens is 412 g/mol. The average molecular weight is 433 g/mol. The summed E-state index contributed by atoms with van der Waals surface area (Å²) in [6.07, 6.45) is 1.89. The van der Waals surface area contributed by atoms with E-state index in [1.54, 1.807) is 16.7 Å². The van der Waals surface area contributed by atoms with Gasteiger partial charge in [-0.2, -0.15) is 4.99 Å². The van der Waals surface area contributed by atoms with Crippen molar-refractivity contribution in [3.8, 4) is 0 Å². The third kappa shape index (κ3) is 4.46. The van der Waals surface area contributed by atoms with E-state index < -0.39 is 21.7 Å². The Morgan fingerprint density at radius 2 is 1.90 bits per heavy atom. The van der Waals surface area contributed by atoms with Crippen molar-refractivity contribution in [3.63, 3.8) is 0 Å². The fraction of sp³-hybridized carbons (Fsp3) is 0.250. The lowest BCUT2D eigenvalue weighted by molar-refractivity contribution is -0.141. The Kier molecular flexibility index (Phi) is 5.99. The number of amides is 1. The van der Waals surface area contributed by atoms with Gasteiger partial charge < -0.3 is 9.30 Å². The molecule has 1 aromatic heterocycles. The number of methoxy groups -OCH3 is 1. The van der Waals surface area contributed by atoms with Crippen LogP contribution in [0.25, 0.3) is 10.2 Å². The number of hydrogen-bond donors (Lipinski definition) is 0. The summed E-state index contributed by atoms with van der Waals surface area (Å²) in [5, 5.41) is 0. The first-order chi connectivity index (χ1) is 13.7. The SMILES string of the molecule is CCc1ccc2c(c1)sc(=NC(=O)c1ccccc1S(C)(=O)=O)n2CC(=O)OC. The number of thiazole rings is 1. The van der Waals surface area contributed by atoms with E-state index in [0.717, 1.165) is 28.5 Å². The average Bonchev–Trinajstić information content (AvgIpc) is 3.03. The zero-order chi connectivity index (χ0) is 21.2. The molecule has 3 aromatic rings. The maximum Gasteiger partial charge on any atom is 0.325 e. The van der Waals surface area contributed by atoms with Crippen LogP contribution in [0.1, 0.15) is 22.8 Å². The quantitative estimate of drug-likeness (QED) is 0.578. The van der Waals surface area contributed by atoms with Crippen LogP contribution in [0, 0.1) is 0 Å². The van der Waals surface area contributed by atoms with Crippen molar-refractivity contribution in [2.75, 3.05) is 13.4 Å².